The summed E-state index contributed by atoms with van der Waals surface area (Å²) >= 11 is 0. The number of hydrogen-bond donors (Lipinski definition) is 2. The van der Waals surface area contributed by atoms with Crippen LogP contribution in [0.4, 0.5) is 11.5 Å². The van der Waals surface area contributed by atoms with Gasteiger partial charge in [-0.05, 0) is 42.8 Å². The van der Waals surface area contributed by atoms with E-state index in [1.54, 1.807) is 30.7 Å². The normalized spacial score (nSPS) is 10.8. The number of nitrogens with one attached hydrogen (secondary N) is 2. The number of nitrogens with zero attached hydrogens (tertiary/aromatic N) is 2. The molecule has 0 bridgehead atoms. The van der Waals surface area contributed by atoms with Crippen LogP contribution in [0.5, 0.6) is 5.75 Å². The number of unbranched alkanes of at least 4 members (excludes halogenated alkanes) is 1. The van der Waals surface area contributed by atoms with Crippen molar-refractivity contribution in [3.63, 3.8) is 0 Å². The lowest BCUT2D eigenvalue weighted by Gasteiger charge is -2.09. The fraction of sp³-hybridized carbons (Fsp3) is 0.174. The first-order valence-corrected chi connectivity index (χ1v) is 9.67. The molecule has 0 radical (unpaired) electrons. The van der Waals surface area contributed by atoms with Gasteiger partial charge in [0.05, 0.1) is 6.61 Å². The Hall–Kier alpha value is -3.67. The van der Waals surface area contributed by atoms with E-state index in [0.29, 0.717) is 29.2 Å². The number of hydrogen-bond acceptors (Lipinski definition) is 5. The van der Waals surface area contributed by atoms with Crippen LogP contribution in [0.25, 0.3) is 11.0 Å². The second kappa shape index (κ2) is 8.56. The number of carbonyl (C=O) groups is 1. The highest BCUT2D eigenvalue weighted by Crippen LogP contribution is 2.22. The fourth-order valence-corrected chi connectivity index (χ4v) is 3.05. The molecule has 4 rings (SSSR count). The second-order valence-corrected chi connectivity index (χ2v) is 6.72. The number of anilines is 2. The summed E-state index contributed by atoms with van der Waals surface area (Å²) in [4.78, 5) is 24.5. The molecule has 6 nitrogen and oxygen atoms in total. The van der Waals surface area contributed by atoms with Crippen molar-refractivity contribution < 1.29 is 9.53 Å². The number of aromatic nitrogens is 3. The molecule has 0 spiro atoms. The molecule has 1 aromatic carbocycles. The van der Waals surface area contributed by atoms with E-state index in [-0.39, 0.29) is 5.78 Å². The maximum absolute atomic E-state index is 12.8. The molecule has 146 valence electrons. The molecule has 0 unspecified atom stereocenters. The molecule has 0 saturated heterocycles. The standard InChI is InChI=1S/C23H22N4O2/c1-2-3-12-29-18-7-4-6-17(13-18)27-21-10-9-16(14-25-21)22(28)20-15-26-23-19(20)8-5-11-24-23/h4-11,13-15H,2-3,12H2,1H3,(H,24,26)(H,25,27). The van der Waals surface area contributed by atoms with Crippen LogP contribution in [-0.2, 0) is 0 Å². The molecule has 0 aliphatic rings. The van der Waals surface area contributed by atoms with E-state index < -0.39 is 0 Å². The van der Waals surface area contributed by atoms with E-state index >= 15 is 0 Å². The minimum atomic E-state index is -0.0883. The van der Waals surface area contributed by atoms with Crippen LogP contribution < -0.4 is 10.1 Å². The third-order valence-electron chi connectivity index (χ3n) is 4.59. The predicted molar refractivity (Wildman–Crippen MR) is 114 cm³/mol. The highest BCUT2D eigenvalue weighted by Gasteiger charge is 2.15. The van der Waals surface area contributed by atoms with Gasteiger partial charge in [-0.15, -0.1) is 0 Å². The van der Waals surface area contributed by atoms with E-state index in [4.69, 9.17) is 4.74 Å². The lowest BCUT2D eigenvalue weighted by Crippen LogP contribution is -2.02. The second-order valence-electron chi connectivity index (χ2n) is 6.72. The summed E-state index contributed by atoms with van der Waals surface area (Å²) in [7, 11) is 0. The maximum atomic E-state index is 12.8. The van der Waals surface area contributed by atoms with E-state index in [9.17, 15) is 4.79 Å². The Labute approximate surface area is 169 Å². The van der Waals surface area contributed by atoms with Crippen LogP contribution in [0.3, 0.4) is 0 Å². The average molecular weight is 386 g/mol. The number of carbonyl (C=O) groups excluding carboxylic acids is 1. The number of rotatable bonds is 8. The highest BCUT2D eigenvalue weighted by atomic mass is 16.5. The van der Waals surface area contributed by atoms with Gasteiger partial charge in [0.2, 0.25) is 0 Å². The molecule has 0 aliphatic carbocycles. The molecule has 3 heterocycles. The largest absolute Gasteiger partial charge is 0.494 e. The molecule has 0 atom stereocenters. The number of ether oxygens (including phenoxy) is 1. The van der Waals surface area contributed by atoms with Crippen molar-refractivity contribution in [1.29, 1.82) is 0 Å². The SMILES string of the molecule is CCCCOc1cccc(Nc2ccc(C(=O)c3c[nH]c4ncccc34)cn2)c1. The number of pyridine rings is 2. The topological polar surface area (TPSA) is 79.9 Å². The average Bonchev–Trinajstić information content (AvgIpc) is 3.18. The molecule has 6 heteroatoms. The van der Waals surface area contributed by atoms with Gasteiger partial charge in [-0.25, -0.2) is 9.97 Å². The van der Waals surface area contributed by atoms with Gasteiger partial charge in [0.1, 0.15) is 17.2 Å². The number of fused-ring (bicyclic) bond motifs is 1. The molecule has 0 fully saturated rings. The quantitative estimate of drug-likeness (QED) is 0.325. The number of ketones is 1. The number of H-pyrrole nitrogens is 1. The molecule has 2 N–H and O–H groups in total. The zero-order valence-corrected chi connectivity index (χ0v) is 16.2. The Morgan fingerprint density at radius 2 is 2.07 bits per heavy atom. The summed E-state index contributed by atoms with van der Waals surface area (Å²) in [5.74, 6) is 1.39. The van der Waals surface area contributed by atoms with Crippen molar-refractivity contribution in [1.82, 2.24) is 15.0 Å². The Balaban J connectivity index is 1.47. The molecule has 3 aromatic heterocycles. The summed E-state index contributed by atoms with van der Waals surface area (Å²) in [6, 6.07) is 15.0. The summed E-state index contributed by atoms with van der Waals surface area (Å²) in [5.41, 5.74) is 2.70. The van der Waals surface area contributed by atoms with Crippen LogP contribution in [0, 0.1) is 0 Å². The number of aromatic amines is 1. The first-order chi connectivity index (χ1) is 14.2. The summed E-state index contributed by atoms with van der Waals surface area (Å²) < 4.78 is 5.74. The zero-order chi connectivity index (χ0) is 20.1. The van der Waals surface area contributed by atoms with Crippen molar-refractivity contribution in [3.05, 3.63) is 78.2 Å². The van der Waals surface area contributed by atoms with E-state index in [1.165, 1.54) is 0 Å². The predicted octanol–water partition coefficient (Wildman–Crippen LogP) is 5.11. The van der Waals surface area contributed by atoms with Gasteiger partial charge in [-0.3, -0.25) is 4.79 Å². The van der Waals surface area contributed by atoms with E-state index in [0.717, 1.165) is 29.7 Å². The fourth-order valence-electron chi connectivity index (χ4n) is 3.05. The minimum Gasteiger partial charge on any atom is -0.494 e. The lowest BCUT2D eigenvalue weighted by molar-refractivity contribution is 0.104. The van der Waals surface area contributed by atoms with Crippen LogP contribution in [-0.4, -0.2) is 27.3 Å². The molecule has 0 saturated carbocycles. The summed E-state index contributed by atoms with van der Waals surface area (Å²) in [5, 5.41) is 4.05. The molecule has 0 amide bonds. The first kappa shape index (κ1) is 18.7. The monoisotopic (exact) mass is 386 g/mol. The number of benzene rings is 1. The van der Waals surface area contributed by atoms with Crippen molar-refractivity contribution >= 4 is 28.3 Å². The van der Waals surface area contributed by atoms with Gasteiger partial charge < -0.3 is 15.0 Å². The van der Waals surface area contributed by atoms with Crippen LogP contribution >= 0.6 is 0 Å². The van der Waals surface area contributed by atoms with Crippen molar-refractivity contribution in [3.8, 4) is 5.75 Å². The van der Waals surface area contributed by atoms with E-state index in [1.807, 2.05) is 36.4 Å². The molecule has 0 aliphatic heterocycles. The van der Waals surface area contributed by atoms with Crippen molar-refractivity contribution in [2.75, 3.05) is 11.9 Å². The lowest BCUT2D eigenvalue weighted by atomic mass is 10.1. The Kier molecular flexibility index (Phi) is 5.52. The Morgan fingerprint density at radius 1 is 1.14 bits per heavy atom. The van der Waals surface area contributed by atoms with Crippen molar-refractivity contribution in [2.24, 2.45) is 0 Å². The maximum Gasteiger partial charge on any atom is 0.196 e. The molecule has 4 aromatic rings. The van der Waals surface area contributed by atoms with Gasteiger partial charge >= 0.3 is 0 Å². The third kappa shape index (κ3) is 4.27. The smallest absolute Gasteiger partial charge is 0.196 e. The van der Waals surface area contributed by atoms with Gasteiger partial charge in [-0.1, -0.05) is 19.4 Å². The Bertz CT molecular complexity index is 1120. The first-order valence-electron chi connectivity index (χ1n) is 9.67. The van der Waals surface area contributed by atoms with Crippen molar-refractivity contribution in [2.45, 2.75) is 19.8 Å². The Morgan fingerprint density at radius 3 is 2.90 bits per heavy atom. The van der Waals surface area contributed by atoms with Gasteiger partial charge in [0.15, 0.2) is 5.78 Å². The highest BCUT2D eigenvalue weighted by molar-refractivity contribution is 6.15. The van der Waals surface area contributed by atoms with Gasteiger partial charge in [-0.2, -0.15) is 0 Å². The molecular formula is C23H22N4O2. The van der Waals surface area contributed by atoms with Crippen LogP contribution in [0.1, 0.15) is 35.7 Å². The molecular weight excluding hydrogens is 364 g/mol. The van der Waals surface area contributed by atoms with Gasteiger partial charge in [0.25, 0.3) is 0 Å². The van der Waals surface area contributed by atoms with E-state index in [2.05, 4.69) is 27.2 Å². The summed E-state index contributed by atoms with van der Waals surface area (Å²) in [6.07, 6.45) is 7.10. The third-order valence-corrected chi connectivity index (χ3v) is 4.59. The van der Waals surface area contributed by atoms with Crippen LogP contribution in [0.2, 0.25) is 0 Å². The molecule has 29 heavy (non-hydrogen) atoms. The van der Waals surface area contributed by atoms with Gasteiger partial charge in [0, 0.05) is 46.9 Å². The minimum absolute atomic E-state index is 0.0883. The zero-order valence-electron chi connectivity index (χ0n) is 16.2. The summed E-state index contributed by atoms with van der Waals surface area (Å²) in [6.45, 7) is 2.84. The van der Waals surface area contributed by atoms with Crippen LogP contribution in [0.15, 0.2) is 67.1 Å².